The van der Waals surface area contributed by atoms with Crippen molar-refractivity contribution in [3.05, 3.63) is 17.5 Å². The van der Waals surface area contributed by atoms with Crippen LogP contribution in [-0.4, -0.2) is 40.6 Å². The van der Waals surface area contributed by atoms with Crippen LogP contribution in [0.25, 0.3) is 0 Å². The van der Waals surface area contributed by atoms with Crippen LogP contribution in [0.3, 0.4) is 0 Å². The van der Waals surface area contributed by atoms with Crippen molar-refractivity contribution >= 4 is 33.3 Å². The van der Waals surface area contributed by atoms with Gasteiger partial charge in [0.05, 0.1) is 24.9 Å². The maximum atomic E-state index is 6.09. The predicted molar refractivity (Wildman–Crippen MR) is 67.4 cm³/mol. The van der Waals surface area contributed by atoms with Crippen molar-refractivity contribution in [3.63, 3.8) is 0 Å². The fourth-order valence-corrected chi connectivity index (χ4v) is 2.33. The van der Waals surface area contributed by atoms with Gasteiger partial charge < -0.3 is 9.64 Å². The summed E-state index contributed by atoms with van der Waals surface area (Å²) in [7, 11) is 0. The summed E-state index contributed by atoms with van der Waals surface area (Å²) in [6.07, 6.45) is 3.32. The third kappa shape index (κ3) is 2.47. The molecule has 88 valence electrons. The lowest BCUT2D eigenvalue weighted by atomic mass is 10.2. The van der Waals surface area contributed by atoms with E-state index in [2.05, 4.69) is 37.7 Å². The normalized spacial score (nSPS) is 25.8. The van der Waals surface area contributed by atoms with Gasteiger partial charge in [-0.15, -0.1) is 0 Å². The molecule has 0 spiro atoms. The van der Waals surface area contributed by atoms with Crippen LogP contribution < -0.4 is 4.90 Å². The highest BCUT2D eigenvalue weighted by atomic mass is 79.9. The summed E-state index contributed by atoms with van der Waals surface area (Å²) in [6, 6.07) is 0.280. The summed E-state index contributed by atoms with van der Waals surface area (Å²) in [5.74, 6) is 0.790. The van der Waals surface area contributed by atoms with Crippen LogP contribution in [0.1, 0.15) is 6.92 Å². The zero-order valence-corrected chi connectivity index (χ0v) is 11.3. The highest BCUT2D eigenvalue weighted by Crippen LogP contribution is 2.26. The molecule has 2 atom stereocenters. The summed E-state index contributed by atoms with van der Waals surface area (Å²) >= 11 is 9.53. The van der Waals surface area contributed by atoms with Crippen molar-refractivity contribution in [1.29, 1.82) is 0 Å². The van der Waals surface area contributed by atoms with Crippen molar-refractivity contribution < 1.29 is 4.74 Å². The van der Waals surface area contributed by atoms with E-state index < -0.39 is 0 Å². The Balaban J connectivity index is 2.21. The minimum atomic E-state index is 0.183. The third-order valence-corrected chi connectivity index (χ3v) is 3.59. The second kappa shape index (κ2) is 5.29. The average molecular weight is 307 g/mol. The SMILES string of the molecule is CC1COC(CBr)CN1c1ncncc1Cl. The molecule has 2 rings (SSSR count). The van der Waals surface area contributed by atoms with Gasteiger partial charge in [0.2, 0.25) is 0 Å². The van der Waals surface area contributed by atoms with Crippen molar-refractivity contribution in [1.82, 2.24) is 9.97 Å². The fourth-order valence-electron chi connectivity index (χ4n) is 1.72. The van der Waals surface area contributed by atoms with Crippen LogP contribution in [-0.2, 0) is 4.74 Å². The molecule has 16 heavy (non-hydrogen) atoms. The summed E-state index contributed by atoms with van der Waals surface area (Å²) in [6.45, 7) is 3.59. The first-order valence-electron chi connectivity index (χ1n) is 5.12. The van der Waals surface area contributed by atoms with E-state index in [1.807, 2.05) is 0 Å². The monoisotopic (exact) mass is 305 g/mol. The van der Waals surface area contributed by atoms with E-state index in [0.29, 0.717) is 11.6 Å². The maximum Gasteiger partial charge on any atom is 0.151 e. The van der Waals surface area contributed by atoms with Gasteiger partial charge >= 0.3 is 0 Å². The second-order valence-electron chi connectivity index (χ2n) is 3.81. The highest BCUT2D eigenvalue weighted by molar-refractivity contribution is 9.09. The van der Waals surface area contributed by atoms with E-state index in [4.69, 9.17) is 16.3 Å². The Morgan fingerprint density at radius 3 is 3.19 bits per heavy atom. The first kappa shape index (κ1) is 12.1. The number of rotatable bonds is 2. The zero-order valence-electron chi connectivity index (χ0n) is 8.94. The topological polar surface area (TPSA) is 38.2 Å². The fraction of sp³-hybridized carbons (Fsp3) is 0.600. The summed E-state index contributed by atoms with van der Waals surface area (Å²) in [5, 5.41) is 1.41. The van der Waals surface area contributed by atoms with Gasteiger partial charge in [0.25, 0.3) is 0 Å². The molecule has 1 aliphatic rings. The average Bonchev–Trinajstić information content (AvgIpc) is 2.31. The number of ether oxygens (including phenoxy) is 1. The Morgan fingerprint density at radius 1 is 1.69 bits per heavy atom. The van der Waals surface area contributed by atoms with Crippen molar-refractivity contribution in [2.75, 3.05) is 23.4 Å². The Labute approximate surface area is 108 Å². The number of anilines is 1. The Bertz CT molecular complexity index is 366. The van der Waals surface area contributed by atoms with Gasteiger partial charge in [-0.2, -0.15) is 0 Å². The van der Waals surface area contributed by atoms with Gasteiger partial charge in [-0.3, -0.25) is 0 Å². The van der Waals surface area contributed by atoms with Crippen molar-refractivity contribution in [2.24, 2.45) is 0 Å². The van der Waals surface area contributed by atoms with Gasteiger partial charge in [0.15, 0.2) is 5.82 Å². The molecule has 0 radical (unpaired) electrons. The number of aromatic nitrogens is 2. The van der Waals surface area contributed by atoms with Gasteiger partial charge in [0, 0.05) is 11.9 Å². The lowest BCUT2D eigenvalue weighted by Crippen LogP contribution is -2.49. The van der Waals surface area contributed by atoms with Crippen LogP contribution in [0.15, 0.2) is 12.5 Å². The highest BCUT2D eigenvalue weighted by Gasteiger charge is 2.27. The van der Waals surface area contributed by atoms with Crippen LogP contribution in [0.5, 0.6) is 0 Å². The second-order valence-corrected chi connectivity index (χ2v) is 4.86. The molecule has 1 saturated heterocycles. The maximum absolute atomic E-state index is 6.09. The van der Waals surface area contributed by atoms with Gasteiger partial charge in [0.1, 0.15) is 11.3 Å². The Hall–Kier alpha value is -0.390. The minimum absolute atomic E-state index is 0.183. The van der Waals surface area contributed by atoms with E-state index in [1.54, 1.807) is 6.20 Å². The van der Waals surface area contributed by atoms with E-state index in [0.717, 1.165) is 17.7 Å². The Kier molecular flexibility index (Phi) is 4.00. The van der Waals surface area contributed by atoms with Crippen molar-refractivity contribution in [3.8, 4) is 0 Å². The standard InChI is InChI=1S/C10H13BrClN3O/c1-7-5-16-8(2-11)4-15(7)10-9(12)3-13-6-14-10/h3,6-8H,2,4-5H2,1H3. The lowest BCUT2D eigenvalue weighted by Gasteiger charge is -2.38. The molecule has 1 aliphatic heterocycles. The van der Waals surface area contributed by atoms with Gasteiger partial charge in [-0.1, -0.05) is 27.5 Å². The number of alkyl halides is 1. The molecule has 0 N–H and O–H groups in total. The van der Waals surface area contributed by atoms with Crippen LogP contribution in [0.2, 0.25) is 5.02 Å². The molecule has 6 heteroatoms. The van der Waals surface area contributed by atoms with Crippen LogP contribution in [0.4, 0.5) is 5.82 Å². The van der Waals surface area contributed by atoms with E-state index in [1.165, 1.54) is 6.33 Å². The number of morpholine rings is 1. The number of hydrogen-bond donors (Lipinski definition) is 0. The molecule has 0 aromatic carbocycles. The van der Waals surface area contributed by atoms with Crippen molar-refractivity contribution in [2.45, 2.75) is 19.1 Å². The zero-order chi connectivity index (χ0) is 11.5. The molecule has 4 nitrogen and oxygen atoms in total. The molecule has 0 saturated carbocycles. The lowest BCUT2D eigenvalue weighted by molar-refractivity contribution is 0.0376. The summed E-state index contributed by atoms with van der Waals surface area (Å²) < 4.78 is 5.66. The number of nitrogens with zero attached hydrogens (tertiary/aromatic N) is 3. The largest absolute Gasteiger partial charge is 0.373 e. The molecule has 1 fully saturated rings. The van der Waals surface area contributed by atoms with E-state index >= 15 is 0 Å². The smallest absolute Gasteiger partial charge is 0.151 e. The van der Waals surface area contributed by atoms with E-state index in [9.17, 15) is 0 Å². The molecule has 2 unspecified atom stereocenters. The molecule has 0 amide bonds. The molecular weight excluding hydrogens is 293 g/mol. The third-order valence-electron chi connectivity index (χ3n) is 2.60. The minimum Gasteiger partial charge on any atom is -0.373 e. The summed E-state index contributed by atoms with van der Waals surface area (Å²) in [5.41, 5.74) is 0. The number of halogens is 2. The molecule has 1 aromatic heterocycles. The van der Waals surface area contributed by atoms with Gasteiger partial charge in [-0.05, 0) is 6.92 Å². The molecule has 0 bridgehead atoms. The van der Waals surface area contributed by atoms with Crippen LogP contribution in [0, 0.1) is 0 Å². The Morgan fingerprint density at radius 2 is 2.50 bits per heavy atom. The number of hydrogen-bond acceptors (Lipinski definition) is 4. The molecular formula is C10H13BrClN3O. The van der Waals surface area contributed by atoms with Crippen LogP contribution >= 0.6 is 27.5 Å². The van der Waals surface area contributed by atoms with E-state index in [-0.39, 0.29) is 12.1 Å². The summed E-state index contributed by atoms with van der Waals surface area (Å²) in [4.78, 5) is 10.3. The molecule has 1 aromatic rings. The first-order chi connectivity index (χ1) is 7.72. The first-order valence-corrected chi connectivity index (χ1v) is 6.62. The quantitative estimate of drug-likeness (QED) is 0.785. The molecule has 2 heterocycles. The molecule has 0 aliphatic carbocycles. The predicted octanol–water partition coefficient (Wildman–Crippen LogP) is 2.12. The van der Waals surface area contributed by atoms with Gasteiger partial charge in [-0.25, -0.2) is 9.97 Å².